The molecule has 0 spiro atoms. The van der Waals surface area contributed by atoms with Gasteiger partial charge in [0.05, 0.1) is 4.88 Å². The number of rotatable bonds is 3. The molecule has 0 aromatic carbocycles. The molecule has 0 saturated carbocycles. The minimum atomic E-state index is 0.0430. The quantitative estimate of drug-likeness (QED) is 0.738. The lowest BCUT2D eigenvalue weighted by molar-refractivity contribution is -0.136. The van der Waals surface area contributed by atoms with Crippen molar-refractivity contribution >= 4 is 29.0 Å². The fourth-order valence-electron chi connectivity index (χ4n) is 5.05. The summed E-state index contributed by atoms with van der Waals surface area (Å²) < 4.78 is 0. The van der Waals surface area contributed by atoms with E-state index in [0.717, 1.165) is 82.1 Å². The molecule has 0 bridgehead atoms. The highest BCUT2D eigenvalue weighted by molar-refractivity contribution is 7.14. The van der Waals surface area contributed by atoms with Crippen molar-refractivity contribution in [3.63, 3.8) is 0 Å². The van der Waals surface area contributed by atoms with E-state index in [-0.39, 0.29) is 17.7 Å². The highest BCUT2D eigenvalue weighted by Gasteiger charge is 2.32. The molecule has 1 atom stereocenters. The predicted octanol–water partition coefficient (Wildman–Crippen LogP) is 3.22. The van der Waals surface area contributed by atoms with Crippen LogP contribution in [-0.4, -0.2) is 65.9 Å². The van der Waals surface area contributed by atoms with Crippen LogP contribution in [0.2, 0.25) is 0 Å². The Bertz CT molecular complexity index is 930. The van der Waals surface area contributed by atoms with E-state index in [1.54, 1.807) is 11.3 Å². The lowest BCUT2D eigenvalue weighted by atomic mass is 9.87. The van der Waals surface area contributed by atoms with Crippen molar-refractivity contribution in [2.45, 2.75) is 38.5 Å². The number of piperidine rings is 1. The summed E-state index contributed by atoms with van der Waals surface area (Å²) in [6, 6.07) is 8.04. The Hall–Kier alpha value is -2.41. The Labute approximate surface area is 187 Å². The number of aromatic nitrogens is 1. The highest BCUT2D eigenvalue weighted by atomic mass is 32.1. The van der Waals surface area contributed by atoms with Gasteiger partial charge < -0.3 is 14.7 Å². The van der Waals surface area contributed by atoms with Crippen LogP contribution in [0.15, 0.2) is 30.5 Å². The van der Waals surface area contributed by atoms with Crippen LogP contribution in [0.5, 0.6) is 0 Å². The average molecular weight is 439 g/mol. The number of anilines is 1. The summed E-state index contributed by atoms with van der Waals surface area (Å²) in [6.07, 6.45) is 7.85. The van der Waals surface area contributed by atoms with Crippen molar-refractivity contribution in [1.29, 1.82) is 0 Å². The Balaban J connectivity index is 1.19. The monoisotopic (exact) mass is 438 g/mol. The maximum Gasteiger partial charge on any atom is 0.263 e. The van der Waals surface area contributed by atoms with Gasteiger partial charge in [0, 0.05) is 56.3 Å². The Morgan fingerprint density at radius 1 is 0.968 bits per heavy atom. The first-order chi connectivity index (χ1) is 15.2. The van der Waals surface area contributed by atoms with Gasteiger partial charge in [-0.3, -0.25) is 9.59 Å². The average Bonchev–Trinajstić information content (AvgIpc) is 3.28. The molecule has 2 amide bonds. The molecule has 6 nitrogen and oxygen atoms in total. The molecule has 5 rings (SSSR count). The molecule has 164 valence electrons. The number of nitrogens with zero attached hydrogens (tertiary/aromatic N) is 4. The van der Waals surface area contributed by atoms with Crippen LogP contribution < -0.4 is 4.90 Å². The molecule has 2 saturated heterocycles. The SMILES string of the molecule is O=C(c1cc2c(s1)CC[C@@H](C(=O)N1CCN(c3ccccn3)CC1)C2)N1CCCCC1. The molecule has 2 aliphatic heterocycles. The van der Waals surface area contributed by atoms with Crippen molar-refractivity contribution in [1.82, 2.24) is 14.8 Å². The number of carbonyl (C=O) groups excluding carboxylic acids is 2. The lowest BCUT2D eigenvalue weighted by Gasteiger charge is -2.37. The first-order valence-corrected chi connectivity index (χ1v) is 12.4. The number of fused-ring (bicyclic) bond motifs is 1. The van der Waals surface area contributed by atoms with E-state index in [9.17, 15) is 9.59 Å². The van der Waals surface area contributed by atoms with Crippen LogP contribution >= 0.6 is 11.3 Å². The minimum Gasteiger partial charge on any atom is -0.353 e. The van der Waals surface area contributed by atoms with Gasteiger partial charge >= 0.3 is 0 Å². The van der Waals surface area contributed by atoms with Gasteiger partial charge in [0.1, 0.15) is 5.82 Å². The van der Waals surface area contributed by atoms with Crippen LogP contribution in [0, 0.1) is 5.92 Å². The summed E-state index contributed by atoms with van der Waals surface area (Å²) in [7, 11) is 0. The van der Waals surface area contributed by atoms with E-state index in [0.29, 0.717) is 0 Å². The van der Waals surface area contributed by atoms with Gasteiger partial charge in [-0.15, -0.1) is 11.3 Å². The standard InChI is InChI=1S/C24H30N4O2S/c29-23(28-14-12-26(13-15-28)22-6-2-3-9-25-22)18-7-8-20-19(16-18)17-21(31-20)24(30)27-10-4-1-5-11-27/h2-3,6,9,17-18H,1,4-5,7-8,10-16H2/t18-/m1/s1. The van der Waals surface area contributed by atoms with Gasteiger partial charge in [0.2, 0.25) is 5.91 Å². The zero-order valence-corrected chi connectivity index (χ0v) is 18.8. The molecule has 0 unspecified atom stereocenters. The third-order valence-electron chi connectivity index (χ3n) is 6.85. The van der Waals surface area contributed by atoms with Gasteiger partial charge in [-0.25, -0.2) is 4.98 Å². The van der Waals surface area contributed by atoms with Crippen molar-refractivity contribution in [2.24, 2.45) is 5.92 Å². The first kappa shape index (κ1) is 20.5. The first-order valence-electron chi connectivity index (χ1n) is 11.5. The molecule has 31 heavy (non-hydrogen) atoms. The van der Waals surface area contributed by atoms with E-state index in [1.807, 2.05) is 34.2 Å². The van der Waals surface area contributed by atoms with Crippen LogP contribution in [0.3, 0.4) is 0 Å². The molecule has 0 radical (unpaired) electrons. The van der Waals surface area contributed by atoms with Crippen LogP contribution in [0.1, 0.15) is 45.8 Å². The zero-order chi connectivity index (χ0) is 21.2. The van der Waals surface area contributed by atoms with Crippen molar-refractivity contribution in [2.75, 3.05) is 44.2 Å². The topological polar surface area (TPSA) is 56.8 Å². The van der Waals surface area contributed by atoms with Crippen molar-refractivity contribution < 1.29 is 9.59 Å². The molecule has 2 aromatic heterocycles. The highest BCUT2D eigenvalue weighted by Crippen LogP contribution is 2.34. The normalized spacial score (nSPS) is 21.7. The molecular formula is C24H30N4O2S. The summed E-state index contributed by atoms with van der Waals surface area (Å²) in [4.78, 5) is 39.0. The fraction of sp³-hybridized carbons (Fsp3) is 0.542. The van der Waals surface area contributed by atoms with E-state index < -0.39 is 0 Å². The Morgan fingerprint density at radius 2 is 1.77 bits per heavy atom. The summed E-state index contributed by atoms with van der Waals surface area (Å²) >= 11 is 1.65. The number of amides is 2. The van der Waals surface area contributed by atoms with Crippen LogP contribution in [0.4, 0.5) is 5.82 Å². The van der Waals surface area contributed by atoms with Crippen molar-refractivity contribution in [3.05, 3.63) is 45.8 Å². The number of carbonyl (C=O) groups is 2. The van der Waals surface area contributed by atoms with E-state index in [1.165, 1.54) is 16.9 Å². The number of thiophene rings is 1. The second kappa shape index (κ2) is 8.99. The lowest BCUT2D eigenvalue weighted by Crippen LogP contribution is -2.51. The maximum absolute atomic E-state index is 13.2. The summed E-state index contributed by atoms with van der Waals surface area (Å²) in [5, 5.41) is 0. The predicted molar refractivity (Wildman–Crippen MR) is 123 cm³/mol. The fourth-order valence-corrected chi connectivity index (χ4v) is 6.22. The molecule has 1 aliphatic carbocycles. The zero-order valence-electron chi connectivity index (χ0n) is 18.0. The van der Waals surface area contributed by atoms with Gasteiger partial charge in [0.25, 0.3) is 5.91 Å². The summed E-state index contributed by atoms with van der Waals surface area (Å²) in [6.45, 7) is 4.92. The number of pyridine rings is 1. The Morgan fingerprint density at radius 3 is 2.52 bits per heavy atom. The third-order valence-corrected chi connectivity index (χ3v) is 8.08. The van der Waals surface area contributed by atoms with Gasteiger partial charge in [-0.1, -0.05) is 6.07 Å². The Kier molecular flexibility index (Phi) is 5.94. The van der Waals surface area contributed by atoms with E-state index in [2.05, 4.69) is 16.0 Å². The molecule has 4 heterocycles. The second-order valence-corrected chi connectivity index (χ2v) is 9.99. The third kappa shape index (κ3) is 4.33. The van der Waals surface area contributed by atoms with E-state index >= 15 is 0 Å². The number of aryl methyl sites for hydroxylation is 1. The van der Waals surface area contributed by atoms with E-state index in [4.69, 9.17) is 0 Å². The molecule has 0 N–H and O–H groups in total. The molecular weight excluding hydrogens is 408 g/mol. The van der Waals surface area contributed by atoms with Gasteiger partial charge in [-0.2, -0.15) is 0 Å². The summed E-state index contributed by atoms with van der Waals surface area (Å²) in [5.41, 5.74) is 1.22. The second-order valence-electron chi connectivity index (χ2n) is 8.85. The van der Waals surface area contributed by atoms with Crippen molar-refractivity contribution in [3.8, 4) is 0 Å². The molecule has 2 aromatic rings. The van der Waals surface area contributed by atoms with Crippen LogP contribution in [-0.2, 0) is 17.6 Å². The van der Waals surface area contributed by atoms with Gasteiger partial charge in [-0.05, 0) is 62.3 Å². The maximum atomic E-state index is 13.2. The number of hydrogen-bond acceptors (Lipinski definition) is 5. The molecule has 7 heteroatoms. The number of piperazine rings is 1. The van der Waals surface area contributed by atoms with Crippen LogP contribution in [0.25, 0.3) is 0 Å². The number of likely N-dealkylation sites (tertiary alicyclic amines) is 1. The largest absolute Gasteiger partial charge is 0.353 e. The minimum absolute atomic E-state index is 0.0430. The molecule has 2 fully saturated rings. The van der Waals surface area contributed by atoms with Gasteiger partial charge in [0.15, 0.2) is 0 Å². The molecule has 3 aliphatic rings. The summed E-state index contributed by atoms with van der Waals surface area (Å²) in [5.74, 6) is 1.50. The number of hydrogen-bond donors (Lipinski definition) is 0. The smallest absolute Gasteiger partial charge is 0.263 e.